The molecule has 1 heterocycles. The maximum absolute atomic E-state index is 11.8. The van der Waals surface area contributed by atoms with Crippen LogP contribution in [0.1, 0.15) is 18.2 Å². The summed E-state index contributed by atoms with van der Waals surface area (Å²) in [5, 5.41) is 3.31. The minimum atomic E-state index is -0.186. The molecule has 2 N–H and O–H groups in total. The van der Waals surface area contributed by atoms with Crippen molar-refractivity contribution in [2.45, 2.75) is 25.0 Å². The Kier molecular flexibility index (Phi) is 5.57. The second-order valence-corrected chi connectivity index (χ2v) is 5.41. The van der Waals surface area contributed by atoms with Crippen molar-refractivity contribution >= 4 is 17.7 Å². The molecule has 2 rings (SSSR count). The van der Waals surface area contributed by atoms with Gasteiger partial charge in [-0.25, -0.2) is 4.98 Å². The third-order valence-electron chi connectivity index (χ3n) is 2.81. The summed E-state index contributed by atoms with van der Waals surface area (Å²) in [6, 6.07) is 11.2. The molecule has 0 aliphatic heterocycles. The number of hydrogen-bond donors (Lipinski definition) is 2. The summed E-state index contributed by atoms with van der Waals surface area (Å²) in [6.07, 6.45) is 0.692. The monoisotopic (exact) mass is 303 g/mol. The Hall–Kier alpha value is -2.08. The lowest BCUT2D eigenvalue weighted by atomic mass is 10.2. The summed E-state index contributed by atoms with van der Waals surface area (Å²) in [5.74, 6) is 0.136. The lowest BCUT2D eigenvalue weighted by Crippen LogP contribution is -2.24. The second-order valence-electron chi connectivity index (χ2n) is 4.45. The number of carbonyl (C=O) groups is 1. The van der Waals surface area contributed by atoms with Crippen molar-refractivity contribution in [1.29, 1.82) is 0 Å². The summed E-state index contributed by atoms with van der Waals surface area (Å²) in [6.45, 7) is 2.43. The van der Waals surface area contributed by atoms with Crippen molar-refractivity contribution in [2.75, 3.05) is 5.75 Å². The normalized spacial score (nSPS) is 10.3. The van der Waals surface area contributed by atoms with Crippen molar-refractivity contribution in [1.82, 2.24) is 15.3 Å². The number of nitrogens with one attached hydrogen (secondary N) is 2. The number of aromatic amines is 1. The summed E-state index contributed by atoms with van der Waals surface area (Å²) >= 11 is 1.23. The predicted octanol–water partition coefficient (Wildman–Crippen LogP) is 1.74. The first-order chi connectivity index (χ1) is 10.2. The topological polar surface area (TPSA) is 74.8 Å². The van der Waals surface area contributed by atoms with Gasteiger partial charge in [0.2, 0.25) is 5.91 Å². The number of H-pyrrole nitrogens is 1. The van der Waals surface area contributed by atoms with E-state index >= 15 is 0 Å². The SMILES string of the molecule is CCc1cc(=O)[nH]c(SCC(=O)NCc2ccccc2)n1. The number of carbonyl (C=O) groups excluding carboxylic acids is 1. The van der Waals surface area contributed by atoms with Gasteiger partial charge in [0.1, 0.15) is 0 Å². The van der Waals surface area contributed by atoms with Crippen LogP contribution in [-0.4, -0.2) is 21.6 Å². The molecule has 0 spiro atoms. The Labute approximate surface area is 127 Å². The van der Waals surface area contributed by atoms with Gasteiger partial charge >= 0.3 is 0 Å². The number of aryl methyl sites for hydroxylation is 1. The molecule has 0 bridgehead atoms. The highest BCUT2D eigenvalue weighted by molar-refractivity contribution is 7.99. The van der Waals surface area contributed by atoms with Crippen molar-refractivity contribution in [3.8, 4) is 0 Å². The van der Waals surface area contributed by atoms with E-state index in [0.717, 1.165) is 11.3 Å². The number of nitrogens with zero attached hydrogens (tertiary/aromatic N) is 1. The summed E-state index contributed by atoms with van der Waals surface area (Å²) in [4.78, 5) is 30.1. The van der Waals surface area contributed by atoms with Crippen LogP contribution in [-0.2, 0) is 17.8 Å². The Bertz CT molecular complexity index is 655. The van der Waals surface area contributed by atoms with Gasteiger partial charge in [-0.15, -0.1) is 0 Å². The lowest BCUT2D eigenvalue weighted by Gasteiger charge is -2.05. The molecule has 2 aromatic rings. The van der Waals surface area contributed by atoms with E-state index in [9.17, 15) is 9.59 Å². The molecule has 0 unspecified atom stereocenters. The van der Waals surface area contributed by atoms with Gasteiger partial charge < -0.3 is 10.3 Å². The van der Waals surface area contributed by atoms with E-state index in [-0.39, 0.29) is 17.2 Å². The first-order valence-electron chi connectivity index (χ1n) is 6.71. The number of amides is 1. The van der Waals surface area contributed by atoms with Crippen LogP contribution < -0.4 is 10.9 Å². The molecule has 110 valence electrons. The fourth-order valence-corrected chi connectivity index (χ4v) is 2.44. The highest BCUT2D eigenvalue weighted by atomic mass is 32.2. The summed E-state index contributed by atoms with van der Waals surface area (Å²) in [7, 11) is 0. The second kappa shape index (κ2) is 7.64. The maximum atomic E-state index is 11.8. The smallest absolute Gasteiger partial charge is 0.251 e. The molecule has 1 aromatic carbocycles. The molecule has 21 heavy (non-hydrogen) atoms. The van der Waals surface area contributed by atoms with Gasteiger partial charge in [-0.1, -0.05) is 49.0 Å². The lowest BCUT2D eigenvalue weighted by molar-refractivity contribution is -0.118. The van der Waals surface area contributed by atoms with E-state index in [1.807, 2.05) is 37.3 Å². The molecule has 0 aliphatic rings. The third-order valence-corrected chi connectivity index (χ3v) is 3.68. The molecule has 0 saturated carbocycles. The highest BCUT2D eigenvalue weighted by Crippen LogP contribution is 2.11. The Morgan fingerprint density at radius 1 is 1.33 bits per heavy atom. The average Bonchev–Trinajstić information content (AvgIpc) is 2.51. The molecule has 1 aromatic heterocycles. The predicted molar refractivity (Wildman–Crippen MR) is 83.2 cm³/mol. The molecule has 0 radical (unpaired) electrons. The quantitative estimate of drug-likeness (QED) is 0.629. The molecule has 5 nitrogen and oxygen atoms in total. The zero-order valence-corrected chi connectivity index (χ0v) is 12.6. The van der Waals surface area contributed by atoms with E-state index in [0.29, 0.717) is 18.1 Å². The van der Waals surface area contributed by atoms with Crippen molar-refractivity contribution < 1.29 is 4.79 Å². The zero-order chi connectivity index (χ0) is 15.1. The van der Waals surface area contributed by atoms with Crippen molar-refractivity contribution in [3.05, 3.63) is 58.0 Å². The fourth-order valence-electron chi connectivity index (χ4n) is 1.71. The standard InChI is InChI=1S/C15H17N3O2S/c1-2-12-8-13(19)18-15(17-12)21-10-14(20)16-9-11-6-4-3-5-7-11/h3-8H,2,9-10H2,1H3,(H,16,20)(H,17,18,19). The van der Waals surface area contributed by atoms with Gasteiger partial charge in [0.25, 0.3) is 5.56 Å². The number of rotatable bonds is 6. The van der Waals surface area contributed by atoms with Crippen LogP contribution in [0.5, 0.6) is 0 Å². The van der Waals surface area contributed by atoms with E-state index in [1.165, 1.54) is 17.8 Å². The fraction of sp³-hybridized carbons (Fsp3) is 0.267. The van der Waals surface area contributed by atoms with Crippen LogP contribution >= 0.6 is 11.8 Å². The molecular weight excluding hydrogens is 286 g/mol. The zero-order valence-electron chi connectivity index (χ0n) is 11.8. The van der Waals surface area contributed by atoms with Gasteiger partial charge in [-0.2, -0.15) is 0 Å². The first-order valence-corrected chi connectivity index (χ1v) is 7.69. The van der Waals surface area contributed by atoms with Crippen LogP contribution in [0.4, 0.5) is 0 Å². The van der Waals surface area contributed by atoms with E-state index in [4.69, 9.17) is 0 Å². The molecule has 6 heteroatoms. The Morgan fingerprint density at radius 2 is 2.10 bits per heavy atom. The Morgan fingerprint density at radius 3 is 2.81 bits per heavy atom. The largest absolute Gasteiger partial charge is 0.351 e. The number of thioether (sulfide) groups is 1. The first kappa shape index (κ1) is 15.3. The maximum Gasteiger partial charge on any atom is 0.251 e. The number of aromatic nitrogens is 2. The number of hydrogen-bond acceptors (Lipinski definition) is 4. The van der Waals surface area contributed by atoms with Crippen LogP contribution in [0.15, 0.2) is 46.3 Å². The van der Waals surface area contributed by atoms with Crippen LogP contribution in [0.25, 0.3) is 0 Å². The third kappa shape index (κ3) is 5.07. The molecule has 1 amide bonds. The summed E-state index contributed by atoms with van der Waals surface area (Å²) < 4.78 is 0. The van der Waals surface area contributed by atoms with Gasteiger partial charge in [0.15, 0.2) is 5.16 Å². The van der Waals surface area contributed by atoms with Gasteiger partial charge in [-0.05, 0) is 12.0 Å². The van der Waals surface area contributed by atoms with Crippen LogP contribution in [0.3, 0.4) is 0 Å². The van der Waals surface area contributed by atoms with E-state index in [2.05, 4.69) is 15.3 Å². The highest BCUT2D eigenvalue weighted by Gasteiger charge is 2.06. The molecule has 0 saturated heterocycles. The van der Waals surface area contributed by atoms with Gasteiger partial charge in [0, 0.05) is 18.3 Å². The molecule has 0 fully saturated rings. The van der Waals surface area contributed by atoms with Gasteiger partial charge in [-0.3, -0.25) is 9.59 Å². The van der Waals surface area contributed by atoms with Crippen LogP contribution in [0, 0.1) is 0 Å². The average molecular weight is 303 g/mol. The minimum Gasteiger partial charge on any atom is -0.351 e. The Balaban J connectivity index is 1.84. The number of benzene rings is 1. The summed E-state index contributed by atoms with van der Waals surface area (Å²) in [5.41, 5.74) is 1.59. The van der Waals surface area contributed by atoms with E-state index in [1.54, 1.807) is 0 Å². The van der Waals surface area contributed by atoms with Crippen molar-refractivity contribution in [2.24, 2.45) is 0 Å². The minimum absolute atomic E-state index is 0.0894. The molecule has 0 aliphatic carbocycles. The van der Waals surface area contributed by atoms with Gasteiger partial charge in [0.05, 0.1) is 5.75 Å². The van der Waals surface area contributed by atoms with E-state index < -0.39 is 0 Å². The molecular formula is C15H17N3O2S. The van der Waals surface area contributed by atoms with Crippen LogP contribution in [0.2, 0.25) is 0 Å². The van der Waals surface area contributed by atoms with Crippen molar-refractivity contribution in [3.63, 3.8) is 0 Å². The molecule has 0 atom stereocenters.